The predicted molar refractivity (Wildman–Crippen MR) is 82.9 cm³/mol. The van der Waals surface area contributed by atoms with Crippen LogP contribution < -0.4 is 15.4 Å². The molecule has 1 spiro atoms. The Labute approximate surface area is 143 Å². The van der Waals surface area contributed by atoms with Gasteiger partial charge in [0.05, 0.1) is 12.2 Å². The number of ether oxygens (including phenoxy) is 1. The van der Waals surface area contributed by atoms with Crippen LogP contribution in [0.3, 0.4) is 0 Å². The van der Waals surface area contributed by atoms with Gasteiger partial charge in [0.15, 0.2) is 6.10 Å². The molecule has 9 heteroatoms. The van der Waals surface area contributed by atoms with E-state index in [9.17, 15) is 18.0 Å². The van der Waals surface area contributed by atoms with Gasteiger partial charge in [-0.2, -0.15) is 18.2 Å². The summed E-state index contributed by atoms with van der Waals surface area (Å²) in [5, 5.41) is 5.56. The molecule has 0 aliphatic heterocycles. The van der Waals surface area contributed by atoms with Gasteiger partial charge >= 0.3 is 18.2 Å². The Morgan fingerprint density at radius 3 is 2.76 bits per heavy atom. The first-order valence-corrected chi connectivity index (χ1v) is 8.35. The number of urea groups is 1. The fourth-order valence-corrected chi connectivity index (χ4v) is 3.34. The minimum absolute atomic E-state index is 0.0863. The monoisotopic (exact) mass is 358 g/mol. The molecule has 0 unspecified atom stereocenters. The molecule has 2 amide bonds. The number of nitrogens with zero attached hydrogens (tertiary/aromatic N) is 2. The summed E-state index contributed by atoms with van der Waals surface area (Å²) in [6.07, 6.45) is 0.660. The van der Waals surface area contributed by atoms with Crippen molar-refractivity contribution in [3.63, 3.8) is 0 Å². The molecule has 0 radical (unpaired) electrons. The SMILES string of the molecule is C[C@H](Oc1nccc(CNC(=O)NC2CC3(CCC3)C2)n1)C(F)(F)F. The van der Waals surface area contributed by atoms with Gasteiger partial charge < -0.3 is 15.4 Å². The Balaban J connectivity index is 1.43. The number of carbonyl (C=O) groups excluding carboxylic acids is 1. The minimum Gasteiger partial charge on any atom is -0.451 e. The number of aromatic nitrogens is 2. The highest BCUT2D eigenvalue weighted by Gasteiger charge is 2.48. The van der Waals surface area contributed by atoms with Crippen molar-refractivity contribution in [2.24, 2.45) is 5.41 Å². The van der Waals surface area contributed by atoms with Crippen molar-refractivity contribution >= 4 is 6.03 Å². The van der Waals surface area contributed by atoms with Crippen molar-refractivity contribution in [1.82, 2.24) is 20.6 Å². The number of hydrogen-bond acceptors (Lipinski definition) is 4. The summed E-state index contributed by atoms with van der Waals surface area (Å²) in [5.74, 6) is 0. The molecule has 1 heterocycles. The molecule has 6 nitrogen and oxygen atoms in total. The zero-order valence-corrected chi connectivity index (χ0v) is 13.9. The lowest BCUT2D eigenvalue weighted by Crippen LogP contribution is -2.55. The van der Waals surface area contributed by atoms with Crippen molar-refractivity contribution in [3.8, 4) is 6.01 Å². The molecule has 2 aliphatic carbocycles. The van der Waals surface area contributed by atoms with Crippen LogP contribution in [0.1, 0.15) is 44.7 Å². The molecule has 0 saturated heterocycles. The molecule has 1 aromatic heterocycles. The smallest absolute Gasteiger partial charge is 0.425 e. The van der Waals surface area contributed by atoms with E-state index in [1.165, 1.54) is 31.5 Å². The molecule has 0 aromatic carbocycles. The van der Waals surface area contributed by atoms with E-state index in [1.807, 2.05) is 0 Å². The maximum atomic E-state index is 12.5. The number of rotatable bonds is 5. The molecule has 1 aromatic rings. The van der Waals surface area contributed by atoms with Gasteiger partial charge in [-0.05, 0) is 44.1 Å². The minimum atomic E-state index is -4.49. The lowest BCUT2D eigenvalue weighted by molar-refractivity contribution is -0.190. The van der Waals surface area contributed by atoms with Gasteiger partial charge in [0.1, 0.15) is 0 Å². The lowest BCUT2D eigenvalue weighted by atomic mass is 9.54. The van der Waals surface area contributed by atoms with Gasteiger partial charge in [-0.3, -0.25) is 0 Å². The molecule has 2 fully saturated rings. The summed E-state index contributed by atoms with van der Waals surface area (Å²) < 4.78 is 42.1. The Morgan fingerprint density at radius 1 is 1.44 bits per heavy atom. The highest BCUT2D eigenvalue weighted by Crippen LogP contribution is 2.55. The van der Waals surface area contributed by atoms with Crippen molar-refractivity contribution in [2.75, 3.05) is 0 Å². The van der Waals surface area contributed by atoms with E-state index in [4.69, 9.17) is 0 Å². The average molecular weight is 358 g/mol. The quantitative estimate of drug-likeness (QED) is 0.849. The van der Waals surface area contributed by atoms with Crippen LogP contribution in [-0.4, -0.2) is 34.3 Å². The maximum Gasteiger partial charge on any atom is 0.425 e. The topological polar surface area (TPSA) is 76.1 Å². The number of alkyl halides is 3. The number of carbonyl (C=O) groups is 1. The van der Waals surface area contributed by atoms with Gasteiger partial charge in [0.2, 0.25) is 0 Å². The van der Waals surface area contributed by atoms with E-state index in [1.54, 1.807) is 0 Å². The summed E-state index contributed by atoms with van der Waals surface area (Å²) in [6, 6.07) is 1.05. The number of amides is 2. The number of nitrogens with one attached hydrogen (secondary N) is 2. The second-order valence-corrected chi connectivity index (χ2v) is 6.92. The molecule has 2 N–H and O–H groups in total. The van der Waals surface area contributed by atoms with Crippen molar-refractivity contribution in [2.45, 2.75) is 63.9 Å². The normalized spacial score (nSPS) is 20.3. The molecule has 0 bridgehead atoms. The van der Waals surface area contributed by atoms with Crippen LogP contribution in [0.2, 0.25) is 0 Å². The molecule has 138 valence electrons. The summed E-state index contributed by atoms with van der Waals surface area (Å²) in [4.78, 5) is 19.4. The van der Waals surface area contributed by atoms with Crippen LogP contribution in [0.25, 0.3) is 0 Å². The van der Waals surface area contributed by atoms with Crippen LogP contribution in [-0.2, 0) is 6.54 Å². The van der Waals surface area contributed by atoms with E-state index in [0.29, 0.717) is 11.1 Å². The van der Waals surface area contributed by atoms with Crippen molar-refractivity contribution < 1.29 is 22.7 Å². The third-order valence-electron chi connectivity index (χ3n) is 4.97. The van der Waals surface area contributed by atoms with Crippen LogP contribution in [0.15, 0.2) is 12.3 Å². The summed E-state index contributed by atoms with van der Waals surface area (Å²) in [6.45, 7) is 0.970. The maximum absolute atomic E-state index is 12.5. The van der Waals surface area contributed by atoms with Crippen LogP contribution >= 0.6 is 0 Å². The van der Waals surface area contributed by atoms with Gasteiger partial charge in [0.25, 0.3) is 0 Å². The Bertz CT molecular complexity index is 626. The second-order valence-electron chi connectivity index (χ2n) is 6.92. The van der Waals surface area contributed by atoms with Gasteiger partial charge in [-0.15, -0.1) is 0 Å². The summed E-state index contributed by atoms with van der Waals surface area (Å²) in [5.41, 5.74) is 0.852. The largest absolute Gasteiger partial charge is 0.451 e. The third-order valence-corrected chi connectivity index (χ3v) is 4.97. The first-order chi connectivity index (χ1) is 11.8. The summed E-state index contributed by atoms with van der Waals surface area (Å²) in [7, 11) is 0. The van der Waals surface area contributed by atoms with Crippen molar-refractivity contribution in [3.05, 3.63) is 18.0 Å². The zero-order chi connectivity index (χ0) is 18.1. The van der Waals surface area contributed by atoms with E-state index in [0.717, 1.165) is 19.8 Å². The van der Waals surface area contributed by atoms with Crippen LogP contribution in [0.5, 0.6) is 6.01 Å². The van der Waals surface area contributed by atoms with E-state index >= 15 is 0 Å². The Morgan fingerprint density at radius 2 is 2.16 bits per heavy atom. The molecule has 2 aliphatic rings. The van der Waals surface area contributed by atoms with E-state index in [2.05, 4.69) is 25.3 Å². The number of hydrogen-bond donors (Lipinski definition) is 2. The fourth-order valence-electron chi connectivity index (χ4n) is 3.34. The molecule has 3 rings (SSSR count). The third kappa shape index (κ3) is 4.32. The van der Waals surface area contributed by atoms with Crippen molar-refractivity contribution in [1.29, 1.82) is 0 Å². The standard InChI is InChI=1S/C16H21F3N4O2/c1-10(16(17,18)19)25-14-20-6-3-11(23-14)9-21-13(24)22-12-7-15(8-12)4-2-5-15/h3,6,10,12H,2,4-5,7-9H2,1H3,(H2,21,22,24)/t10-/m0/s1. The lowest BCUT2D eigenvalue weighted by Gasteiger charge is -2.54. The van der Waals surface area contributed by atoms with Gasteiger partial charge in [-0.25, -0.2) is 9.78 Å². The molecule has 25 heavy (non-hydrogen) atoms. The highest BCUT2D eigenvalue weighted by molar-refractivity contribution is 5.74. The predicted octanol–water partition coefficient (Wildman–Crippen LogP) is 2.94. The van der Waals surface area contributed by atoms with E-state index in [-0.39, 0.29) is 24.6 Å². The molecular weight excluding hydrogens is 337 g/mol. The zero-order valence-electron chi connectivity index (χ0n) is 13.9. The Kier molecular flexibility index (Phi) is 4.75. The molecular formula is C16H21F3N4O2. The van der Waals surface area contributed by atoms with Crippen LogP contribution in [0, 0.1) is 5.41 Å². The molecule has 1 atom stereocenters. The Hall–Kier alpha value is -2.06. The second kappa shape index (κ2) is 6.68. The van der Waals surface area contributed by atoms with Crippen LogP contribution in [0.4, 0.5) is 18.0 Å². The fraction of sp³-hybridized carbons (Fsp3) is 0.688. The average Bonchev–Trinajstić information content (AvgIpc) is 2.46. The number of halogens is 3. The van der Waals surface area contributed by atoms with Gasteiger partial charge in [0, 0.05) is 12.2 Å². The van der Waals surface area contributed by atoms with E-state index < -0.39 is 12.3 Å². The van der Waals surface area contributed by atoms with Gasteiger partial charge in [-0.1, -0.05) is 6.42 Å². The summed E-state index contributed by atoms with van der Waals surface area (Å²) >= 11 is 0. The molecule has 2 saturated carbocycles. The first-order valence-electron chi connectivity index (χ1n) is 8.35. The highest BCUT2D eigenvalue weighted by atomic mass is 19.4. The first kappa shape index (κ1) is 17.8.